The molecule has 0 radical (unpaired) electrons. The van der Waals surface area contributed by atoms with Crippen LogP contribution in [0.1, 0.15) is 33.3 Å². The summed E-state index contributed by atoms with van der Waals surface area (Å²) in [5.74, 6) is 0. The van der Waals surface area contributed by atoms with Crippen molar-refractivity contribution in [2.75, 3.05) is 26.3 Å². The van der Waals surface area contributed by atoms with E-state index < -0.39 is 0 Å². The maximum Gasteiger partial charge on any atom is 0.493 e. The smallest absolute Gasteiger partial charge is 0.407 e. The molecule has 0 unspecified atom stereocenters. The van der Waals surface area contributed by atoms with E-state index in [4.69, 9.17) is 9.31 Å². The van der Waals surface area contributed by atoms with E-state index in [0.29, 0.717) is 0 Å². The first-order chi connectivity index (χ1) is 9.54. The predicted octanol–water partition coefficient (Wildman–Crippen LogP) is 2.30. The van der Waals surface area contributed by atoms with Gasteiger partial charge in [-0.25, -0.2) is 0 Å². The van der Waals surface area contributed by atoms with E-state index >= 15 is 0 Å². The van der Waals surface area contributed by atoms with Gasteiger partial charge in [0.2, 0.25) is 0 Å². The van der Waals surface area contributed by atoms with Crippen LogP contribution >= 0.6 is 0 Å². The van der Waals surface area contributed by atoms with Crippen molar-refractivity contribution in [2.45, 2.75) is 34.2 Å². The first-order valence-corrected chi connectivity index (χ1v) is 7.58. The Morgan fingerprint density at radius 3 is 2.40 bits per heavy atom. The third-order valence-corrected chi connectivity index (χ3v) is 3.77. The highest BCUT2D eigenvalue weighted by molar-refractivity contribution is 6.61. The molecule has 1 aliphatic heterocycles. The van der Waals surface area contributed by atoms with Crippen molar-refractivity contribution in [1.29, 1.82) is 0 Å². The Balaban J connectivity index is 2.03. The average Bonchev–Trinajstić information content (AvgIpc) is 2.45. The van der Waals surface area contributed by atoms with E-state index in [1.165, 1.54) is 5.56 Å². The summed E-state index contributed by atoms with van der Waals surface area (Å²) < 4.78 is 11.7. The second-order valence-corrected chi connectivity index (χ2v) is 6.32. The van der Waals surface area contributed by atoms with Crippen LogP contribution < -0.4 is 5.46 Å². The Bertz CT molecular complexity index is 422. The van der Waals surface area contributed by atoms with Crippen LogP contribution in [-0.4, -0.2) is 38.3 Å². The summed E-state index contributed by atoms with van der Waals surface area (Å²) in [5.41, 5.74) is 2.57. The lowest BCUT2D eigenvalue weighted by molar-refractivity contribution is 0.0343. The van der Waals surface area contributed by atoms with Crippen LogP contribution in [0.3, 0.4) is 0 Å². The molecular formula is C16H26BNO2. The molecular weight excluding hydrogens is 249 g/mol. The highest BCUT2D eigenvalue weighted by Gasteiger charge is 2.33. The molecule has 3 nitrogen and oxygen atoms in total. The van der Waals surface area contributed by atoms with Crippen LogP contribution in [0.4, 0.5) is 0 Å². The average molecular weight is 275 g/mol. The van der Waals surface area contributed by atoms with Gasteiger partial charge in [-0.15, -0.1) is 0 Å². The summed E-state index contributed by atoms with van der Waals surface area (Å²) in [4.78, 5) is 2.41. The molecule has 20 heavy (non-hydrogen) atoms. The third kappa shape index (κ3) is 4.08. The summed E-state index contributed by atoms with van der Waals surface area (Å²) in [5, 5.41) is 0. The molecule has 1 aliphatic rings. The van der Waals surface area contributed by atoms with E-state index in [9.17, 15) is 0 Å². The van der Waals surface area contributed by atoms with Crippen molar-refractivity contribution < 1.29 is 9.31 Å². The van der Waals surface area contributed by atoms with Crippen LogP contribution in [0.2, 0.25) is 0 Å². The van der Waals surface area contributed by atoms with E-state index in [0.717, 1.165) is 38.3 Å². The highest BCUT2D eigenvalue weighted by atomic mass is 16.6. The molecule has 0 aliphatic carbocycles. The van der Waals surface area contributed by atoms with Crippen LogP contribution in [0.15, 0.2) is 24.3 Å². The summed E-state index contributed by atoms with van der Waals surface area (Å²) in [6, 6.07) is 8.57. The Labute approximate surface area is 123 Å². The summed E-state index contributed by atoms with van der Waals surface area (Å²) in [7, 11) is -0.209. The van der Waals surface area contributed by atoms with Gasteiger partial charge in [0.25, 0.3) is 0 Å². The fourth-order valence-electron chi connectivity index (χ4n) is 2.43. The molecule has 110 valence electrons. The molecule has 0 amide bonds. The van der Waals surface area contributed by atoms with Gasteiger partial charge >= 0.3 is 7.12 Å². The Morgan fingerprint density at radius 2 is 1.80 bits per heavy atom. The predicted molar refractivity (Wildman–Crippen MR) is 84.1 cm³/mol. The van der Waals surface area contributed by atoms with Gasteiger partial charge in [0.15, 0.2) is 0 Å². The third-order valence-electron chi connectivity index (χ3n) is 3.77. The van der Waals surface area contributed by atoms with Gasteiger partial charge in [0.1, 0.15) is 0 Å². The zero-order chi connectivity index (χ0) is 14.6. The number of hydrogen-bond donors (Lipinski definition) is 0. The van der Waals surface area contributed by atoms with Crippen molar-refractivity contribution in [1.82, 2.24) is 4.90 Å². The topological polar surface area (TPSA) is 21.7 Å². The molecule has 0 bridgehead atoms. The lowest BCUT2D eigenvalue weighted by Crippen LogP contribution is -2.47. The molecule has 0 atom stereocenters. The minimum absolute atomic E-state index is 0.120. The maximum atomic E-state index is 5.86. The molecule has 0 aromatic heterocycles. The number of hydrogen-bond acceptors (Lipinski definition) is 3. The van der Waals surface area contributed by atoms with Crippen molar-refractivity contribution in [3.05, 3.63) is 29.8 Å². The molecule has 1 aromatic rings. The fraction of sp³-hybridized carbons (Fsp3) is 0.625. The molecule has 0 N–H and O–H groups in total. The van der Waals surface area contributed by atoms with Gasteiger partial charge in [-0.05, 0) is 24.1 Å². The Hall–Kier alpha value is -0.835. The number of benzene rings is 1. The normalized spacial score (nSPS) is 18.6. The van der Waals surface area contributed by atoms with Crippen LogP contribution in [0.25, 0.3) is 0 Å². The van der Waals surface area contributed by atoms with Crippen LogP contribution in [0, 0.1) is 5.41 Å². The first-order valence-electron chi connectivity index (χ1n) is 7.58. The molecule has 1 fully saturated rings. The second kappa shape index (κ2) is 6.75. The molecule has 2 rings (SSSR count). The van der Waals surface area contributed by atoms with Gasteiger partial charge < -0.3 is 9.31 Å². The Morgan fingerprint density at radius 1 is 1.15 bits per heavy atom. The summed E-state index contributed by atoms with van der Waals surface area (Å²) >= 11 is 0. The quantitative estimate of drug-likeness (QED) is 0.770. The SMILES string of the molecule is CCN(CC)Cc1cccc(B2OCC(C)(C)CO2)c1. The number of rotatable bonds is 5. The maximum absolute atomic E-state index is 5.86. The molecule has 1 heterocycles. The minimum atomic E-state index is -0.209. The van der Waals surface area contributed by atoms with Gasteiger partial charge in [-0.3, -0.25) is 4.90 Å². The van der Waals surface area contributed by atoms with Crippen molar-refractivity contribution in [3.63, 3.8) is 0 Å². The second-order valence-electron chi connectivity index (χ2n) is 6.32. The lowest BCUT2D eigenvalue weighted by atomic mass is 9.75. The minimum Gasteiger partial charge on any atom is -0.407 e. The van der Waals surface area contributed by atoms with Crippen molar-refractivity contribution in [3.8, 4) is 0 Å². The van der Waals surface area contributed by atoms with Crippen molar-refractivity contribution >= 4 is 12.6 Å². The van der Waals surface area contributed by atoms with Gasteiger partial charge in [-0.2, -0.15) is 0 Å². The molecule has 4 heteroatoms. The van der Waals surface area contributed by atoms with Gasteiger partial charge in [-0.1, -0.05) is 52.0 Å². The summed E-state index contributed by atoms with van der Waals surface area (Å²) in [6.45, 7) is 13.4. The number of nitrogens with zero attached hydrogens (tertiary/aromatic N) is 1. The summed E-state index contributed by atoms with van der Waals surface area (Å²) in [6.07, 6.45) is 0. The van der Waals surface area contributed by atoms with Gasteiger partial charge in [0, 0.05) is 25.2 Å². The van der Waals surface area contributed by atoms with E-state index in [1.807, 2.05) is 0 Å². The largest absolute Gasteiger partial charge is 0.493 e. The molecule has 0 saturated carbocycles. The monoisotopic (exact) mass is 275 g/mol. The fourth-order valence-corrected chi connectivity index (χ4v) is 2.43. The van der Waals surface area contributed by atoms with E-state index in [-0.39, 0.29) is 12.5 Å². The zero-order valence-corrected chi connectivity index (χ0v) is 13.2. The highest BCUT2D eigenvalue weighted by Crippen LogP contribution is 2.21. The Kier molecular flexibility index (Phi) is 5.25. The molecule has 0 spiro atoms. The molecule has 1 aromatic carbocycles. The van der Waals surface area contributed by atoms with Crippen LogP contribution in [-0.2, 0) is 15.9 Å². The van der Waals surface area contributed by atoms with E-state index in [2.05, 4.69) is 56.9 Å². The zero-order valence-electron chi connectivity index (χ0n) is 13.2. The van der Waals surface area contributed by atoms with E-state index in [1.54, 1.807) is 0 Å². The van der Waals surface area contributed by atoms with Crippen LogP contribution in [0.5, 0.6) is 0 Å². The van der Waals surface area contributed by atoms with Gasteiger partial charge in [0.05, 0.1) is 0 Å². The molecule has 1 saturated heterocycles. The van der Waals surface area contributed by atoms with Crippen molar-refractivity contribution in [2.24, 2.45) is 5.41 Å². The first kappa shape index (κ1) is 15.6. The standard InChI is InChI=1S/C16H26BNO2/c1-5-18(6-2)11-14-8-7-9-15(10-14)17-19-12-16(3,4)13-20-17/h7-10H,5-6,11-13H2,1-4H3. The lowest BCUT2D eigenvalue weighted by Gasteiger charge is -2.33.